The molecule has 0 saturated carbocycles. The van der Waals surface area contributed by atoms with Crippen molar-refractivity contribution in [2.45, 2.75) is 26.3 Å². The second kappa shape index (κ2) is 7.37. The molecule has 3 rings (SSSR count). The van der Waals surface area contributed by atoms with Crippen LogP contribution in [0.4, 0.5) is 0 Å². The average molecular weight is 325 g/mol. The van der Waals surface area contributed by atoms with Crippen LogP contribution in [0.25, 0.3) is 11.1 Å². The van der Waals surface area contributed by atoms with Crippen molar-refractivity contribution in [3.8, 4) is 16.9 Å². The lowest BCUT2D eigenvalue weighted by Gasteiger charge is -2.39. The van der Waals surface area contributed by atoms with Crippen molar-refractivity contribution in [3.05, 3.63) is 54.1 Å². The number of hydrogen-bond acceptors (Lipinski definition) is 3. The zero-order valence-electron chi connectivity index (χ0n) is 14.7. The molecular formula is C21H27NO2. The Bertz CT molecular complexity index is 668. The van der Waals surface area contributed by atoms with Gasteiger partial charge in [0.1, 0.15) is 5.75 Å². The third-order valence-electron chi connectivity index (χ3n) is 5.02. The predicted molar refractivity (Wildman–Crippen MR) is 98.1 cm³/mol. The molecule has 2 aromatic rings. The van der Waals surface area contributed by atoms with E-state index in [0.29, 0.717) is 0 Å². The standard InChI is InChI=1S/C21H27NO2/c1-21(16-23)12-5-13-22(15-21)14-17-8-10-18(11-9-17)19-6-3-4-7-20(19)24-2/h3-4,6-11,23H,5,12-16H2,1-2H3. The van der Waals surface area contributed by atoms with E-state index >= 15 is 0 Å². The summed E-state index contributed by atoms with van der Waals surface area (Å²) in [6, 6.07) is 16.8. The maximum Gasteiger partial charge on any atom is 0.126 e. The molecule has 0 aromatic heterocycles. The van der Waals surface area contributed by atoms with Crippen molar-refractivity contribution >= 4 is 0 Å². The molecule has 0 amide bonds. The van der Waals surface area contributed by atoms with Crippen molar-refractivity contribution in [1.82, 2.24) is 4.90 Å². The van der Waals surface area contributed by atoms with E-state index in [0.717, 1.165) is 43.8 Å². The molecule has 1 N–H and O–H groups in total. The third-order valence-corrected chi connectivity index (χ3v) is 5.02. The highest BCUT2D eigenvalue weighted by molar-refractivity contribution is 5.70. The Balaban J connectivity index is 1.71. The number of piperidine rings is 1. The fourth-order valence-electron chi connectivity index (χ4n) is 3.62. The molecule has 1 aliphatic heterocycles. The van der Waals surface area contributed by atoms with E-state index in [1.54, 1.807) is 7.11 Å². The zero-order valence-corrected chi connectivity index (χ0v) is 14.7. The summed E-state index contributed by atoms with van der Waals surface area (Å²) in [5.74, 6) is 0.903. The molecule has 0 spiro atoms. The van der Waals surface area contributed by atoms with Gasteiger partial charge in [-0.05, 0) is 36.6 Å². The first-order valence-corrected chi connectivity index (χ1v) is 8.69. The number of hydrogen-bond donors (Lipinski definition) is 1. The Morgan fingerprint density at radius 1 is 1.12 bits per heavy atom. The highest BCUT2D eigenvalue weighted by Crippen LogP contribution is 2.31. The quantitative estimate of drug-likeness (QED) is 0.903. The first-order chi connectivity index (χ1) is 11.6. The molecule has 1 fully saturated rings. The van der Waals surface area contributed by atoms with Gasteiger partial charge in [-0.25, -0.2) is 0 Å². The average Bonchev–Trinajstić information content (AvgIpc) is 2.62. The van der Waals surface area contributed by atoms with Crippen LogP contribution in [-0.4, -0.2) is 36.8 Å². The molecule has 1 unspecified atom stereocenters. The van der Waals surface area contributed by atoms with Crippen LogP contribution in [0.1, 0.15) is 25.3 Å². The molecule has 0 bridgehead atoms. The maximum atomic E-state index is 9.61. The fourth-order valence-corrected chi connectivity index (χ4v) is 3.62. The van der Waals surface area contributed by atoms with Gasteiger partial charge in [0, 0.05) is 30.7 Å². The fraction of sp³-hybridized carbons (Fsp3) is 0.429. The highest BCUT2D eigenvalue weighted by Gasteiger charge is 2.30. The first-order valence-electron chi connectivity index (χ1n) is 8.69. The van der Waals surface area contributed by atoms with Gasteiger partial charge in [0.25, 0.3) is 0 Å². The van der Waals surface area contributed by atoms with Crippen LogP contribution < -0.4 is 4.74 Å². The monoisotopic (exact) mass is 325 g/mol. The van der Waals surface area contributed by atoms with Crippen LogP contribution in [-0.2, 0) is 6.54 Å². The molecule has 0 aliphatic carbocycles. The van der Waals surface area contributed by atoms with Crippen LogP contribution in [0.3, 0.4) is 0 Å². The van der Waals surface area contributed by atoms with Gasteiger partial charge < -0.3 is 9.84 Å². The minimum Gasteiger partial charge on any atom is -0.496 e. The molecule has 3 nitrogen and oxygen atoms in total. The van der Waals surface area contributed by atoms with Gasteiger partial charge >= 0.3 is 0 Å². The number of nitrogens with zero attached hydrogens (tertiary/aromatic N) is 1. The first kappa shape index (κ1) is 17.0. The minimum atomic E-state index is 0.0512. The minimum absolute atomic E-state index is 0.0512. The number of ether oxygens (including phenoxy) is 1. The summed E-state index contributed by atoms with van der Waals surface area (Å²) in [5.41, 5.74) is 3.67. The van der Waals surface area contributed by atoms with E-state index in [2.05, 4.69) is 42.2 Å². The predicted octanol–water partition coefficient (Wildman–Crippen LogP) is 3.96. The number of likely N-dealkylation sites (tertiary alicyclic amines) is 1. The summed E-state index contributed by atoms with van der Waals surface area (Å²) in [4.78, 5) is 2.46. The van der Waals surface area contributed by atoms with Gasteiger partial charge in [0.05, 0.1) is 7.11 Å². The van der Waals surface area contributed by atoms with Gasteiger partial charge in [-0.3, -0.25) is 4.90 Å². The largest absolute Gasteiger partial charge is 0.496 e. The van der Waals surface area contributed by atoms with E-state index < -0.39 is 0 Å². The van der Waals surface area contributed by atoms with Crippen LogP contribution in [0.5, 0.6) is 5.75 Å². The Morgan fingerprint density at radius 2 is 1.88 bits per heavy atom. The van der Waals surface area contributed by atoms with Gasteiger partial charge in [-0.15, -0.1) is 0 Å². The molecule has 3 heteroatoms. The molecule has 2 aromatic carbocycles. The Labute approximate surface area is 144 Å². The van der Waals surface area contributed by atoms with E-state index in [4.69, 9.17) is 4.74 Å². The number of methoxy groups -OCH3 is 1. The van der Waals surface area contributed by atoms with Gasteiger partial charge in [0.15, 0.2) is 0 Å². The summed E-state index contributed by atoms with van der Waals surface area (Å²) in [5, 5.41) is 9.61. The van der Waals surface area contributed by atoms with E-state index in [1.807, 2.05) is 18.2 Å². The lowest BCUT2D eigenvalue weighted by molar-refractivity contribution is 0.0429. The van der Waals surface area contributed by atoms with Crippen molar-refractivity contribution in [1.29, 1.82) is 0 Å². The molecule has 24 heavy (non-hydrogen) atoms. The van der Waals surface area contributed by atoms with Crippen LogP contribution >= 0.6 is 0 Å². The maximum absolute atomic E-state index is 9.61. The number of aliphatic hydroxyl groups excluding tert-OH is 1. The lowest BCUT2D eigenvalue weighted by atomic mass is 9.82. The zero-order chi connectivity index (χ0) is 17.0. The number of aliphatic hydroxyl groups is 1. The van der Waals surface area contributed by atoms with Crippen LogP contribution in [0, 0.1) is 5.41 Å². The highest BCUT2D eigenvalue weighted by atomic mass is 16.5. The third kappa shape index (κ3) is 3.80. The van der Waals surface area contributed by atoms with Crippen molar-refractivity contribution in [2.24, 2.45) is 5.41 Å². The molecular weight excluding hydrogens is 298 g/mol. The topological polar surface area (TPSA) is 32.7 Å². The second-order valence-electron chi connectivity index (χ2n) is 7.18. The molecule has 128 valence electrons. The molecule has 0 radical (unpaired) electrons. The normalized spacial score (nSPS) is 21.6. The summed E-state index contributed by atoms with van der Waals surface area (Å²) in [6.45, 7) is 5.49. The van der Waals surface area contributed by atoms with E-state index in [-0.39, 0.29) is 12.0 Å². The van der Waals surface area contributed by atoms with E-state index in [9.17, 15) is 5.11 Å². The SMILES string of the molecule is COc1ccccc1-c1ccc(CN2CCCC(C)(CO)C2)cc1. The van der Waals surface area contributed by atoms with Gasteiger partial charge in [-0.1, -0.05) is 49.4 Å². The number of benzene rings is 2. The summed E-state index contributed by atoms with van der Waals surface area (Å²) < 4.78 is 5.45. The molecule has 1 saturated heterocycles. The van der Waals surface area contributed by atoms with Gasteiger partial charge in [0.2, 0.25) is 0 Å². The van der Waals surface area contributed by atoms with Crippen LogP contribution in [0.2, 0.25) is 0 Å². The van der Waals surface area contributed by atoms with Crippen molar-refractivity contribution in [2.75, 3.05) is 26.8 Å². The summed E-state index contributed by atoms with van der Waals surface area (Å²) in [6.07, 6.45) is 2.28. The molecule has 1 heterocycles. The number of rotatable bonds is 5. The van der Waals surface area contributed by atoms with Crippen molar-refractivity contribution in [3.63, 3.8) is 0 Å². The van der Waals surface area contributed by atoms with Crippen LogP contribution in [0.15, 0.2) is 48.5 Å². The van der Waals surface area contributed by atoms with E-state index in [1.165, 1.54) is 11.1 Å². The van der Waals surface area contributed by atoms with Crippen molar-refractivity contribution < 1.29 is 9.84 Å². The molecule has 1 aliphatic rings. The Morgan fingerprint density at radius 3 is 2.58 bits per heavy atom. The summed E-state index contributed by atoms with van der Waals surface area (Å²) >= 11 is 0. The molecule has 1 atom stereocenters. The lowest BCUT2D eigenvalue weighted by Crippen LogP contribution is -2.43. The Hall–Kier alpha value is -1.84. The second-order valence-corrected chi connectivity index (χ2v) is 7.18. The smallest absolute Gasteiger partial charge is 0.126 e. The Kier molecular flexibility index (Phi) is 5.22. The number of para-hydroxylation sites is 1. The summed E-state index contributed by atoms with van der Waals surface area (Å²) in [7, 11) is 1.71. The van der Waals surface area contributed by atoms with Gasteiger partial charge in [-0.2, -0.15) is 0 Å².